The van der Waals surface area contributed by atoms with Crippen LogP contribution in [0.5, 0.6) is 17.2 Å². The van der Waals surface area contributed by atoms with Gasteiger partial charge in [-0.15, -0.1) is 0 Å². The van der Waals surface area contributed by atoms with Gasteiger partial charge in [0.2, 0.25) is 0 Å². The summed E-state index contributed by atoms with van der Waals surface area (Å²) < 4.78 is 18.3. The van der Waals surface area contributed by atoms with Crippen molar-refractivity contribution in [2.45, 2.75) is 105 Å². The summed E-state index contributed by atoms with van der Waals surface area (Å²) in [6.07, 6.45) is 5.73. The predicted molar refractivity (Wildman–Crippen MR) is 126 cm³/mol. The fourth-order valence-corrected chi connectivity index (χ4v) is 6.48. The third kappa shape index (κ3) is 5.32. The Hall–Kier alpha value is -1.42. The van der Waals surface area contributed by atoms with E-state index < -0.39 is 5.60 Å². The van der Waals surface area contributed by atoms with Gasteiger partial charge in [-0.25, -0.2) is 0 Å². The van der Waals surface area contributed by atoms with E-state index >= 15 is 0 Å². The zero-order chi connectivity index (χ0) is 23.0. The zero-order valence-electron chi connectivity index (χ0n) is 21.0. The quantitative estimate of drug-likeness (QED) is 0.525. The number of fused-ring (bicyclic) bond motifs is 1. The first-order chi connectivity index (χ1) is 14.3. The van der Waals surface area contributed by atoms with E-state index in [1.807, 2.05) is 52.8 Å². The minimum atomic E-state index is -0.720. The lowest BCUT2D eigenvalue weighted by molar-refractivity contribution is -0.176. The average Bonchev–Trinajstić information content (AvgIpc) is 2.58. The van der Waals surface area contributed by atoms with Gasteiger partial charge in [0, 0.05) is 24.1 Å². The van der Waals surface area contributed by atoms with Crippen LogP contribution in [0.3, 0.4) is 0 Å². The summed E-state index contributed by atoms with van der Waals surface area (Å²) >= 11 is 0. The first kappa shape index (κ1) is 24.2. The largest absolute Gasteiger partial charge is 0.493 e. The van der Waals surface area contributed by atoms with Crippen LogP contribution in [0.25, 0.3) is 0 Å². The van der Waals surface area contributed by atoms with E-state index in [-0.39, 0.29) is 23.5 Å². The van der Waals surface area contributed by atoms with Crippen LogP contribution in [0.1, 0.15) is 87.5 Å². The van der Waals surface area contributed by atoms with E-state index in [0.717, 1.165) is 36.5 Å². The molecule has 4 heteroatoms. The van der Waals surface area contributed by atoms with Gasteiger partial charge in [-0.05, 0) is 77.0 Å². The molecule has 3 rings (SSSR count). The third-order valence-electron chi connectivity index (χ3n) is 7.78. The molecule has 176 valence electrons. The van der Waals surface area contributed by atoms with Gasteiger partial charge < -0.3 is 19.3 Å². The Labute approximate surface area is 189 Å². The molecule has 2 saturated carbocycles. The molecule has 0 amide bonds. The standard InChI is InChI=1S/C27H44O4/c1-18(2)30-21-14-20(15-22(16-21)31-19(3)4)29-17-24-26(7)12-9-11-25(5,6)23(26)10-13-27(24,8)28/h14-16,18-19,23-24,28H,9-13,17H2,1-8H3. The molecular weight excluding hydrogens is 388 g/mol. The highest BCUT2D eigenvalue weighted by Gasteiger charge is 2.58. The van der Waals surface area contributed by atoms with Crippen LogP contribution in [0.4, 0.5) is 0 Å². The highest BCUT2D eigenvalue weighted by Crippen LogP contribution is 2.62. The van der Waals surface area contributed by atoms with Gasteiger partial charge in [-0.3, -0.25) is 0 Å². The second-order valence-electron chi connectivity index (χ2n) is 11.6. The van der Waals surface area contributed by atoms with Crippen LogP contribution >= 0.6 is 0 Å². The molecule has 1 aromatic carbocycles. The first-order valence-corrected chi connectivity index (χ1v) is 12.2. The zero-order valence-corrected chi connectivity index (χ0v) is 21.0. The second kappa shape index (κ2) is 8.84. The second-order valence-corrected chi connectivity index (χ2v) is 11.6. The molecule has 31 heavy (non-hydrogen) atoms. The molecule has 2 fully saturated rings. The monoisotopic (exact) mass is 432 g/mol. The Balaban J connectivity index is 1.85. The Kier molecular flexibility index (Phi) is 6.91. The van der Waals surface area contributed by atoms with Gasteiger partial charge in [0.25, 0.3) is 0 Å². The fraction of sp³-hybridized carbons (Fsp3) is 0.778. The van der Waals surface area contributed by atoms with Crippen LogP contribution in [0.15, 0.2) is 18.2 Å². The number of benzene rings is 1. The van der Waals surface area contributed by atoms with Crippen molar-refractivity contribution >= 4 is 0 Å². The summed E-state index contributed by atoms with van der Waals surface area (Å²) in [7, 11) is 0. The number of aliphatic hydroxyl groups is 1. The molecule has 4 unspecified atom stereocenters. The number of rotatable bonds is 7. The van der Waals surface area contributed by atoms with Gasteiger partial charge in [0.15, 0.2) is 0 Å². The van der Waals surface area contributed by atoms with Crippen molar-refractivity contribution in [1.29, 1.82) is 0 Å². The smallest absolute Gasteiger partial charge is 0.127 e. The molecule has 4 atom stereocenters. The summed E-state index contributed by atoms with van der Waals surface area (Å²) in [5, 5.41) is 11.4. The minimum absolute atomic E-state index is 0.0744. The Bertz CT molecular complexity index is 723. The summed E-state index contributed by atoms with van der Waals surface area (Å²) in [6.45, 7) is 17.8. The molecular formula is C27H44O4. The molecule has 0 saturated heterocycles. The van der Waals surface area contributed by atoms with E-state index in [1.54, 1.807) is 0 Å². The van der Waals surface area contributed by atoms with Gasteiger partial charge in [-0.1, -0.05) is 27.2 Å². The van der Waals surface area contributed by atoms with Crippen LogP contribution in [-0.4, -0.2) is 29.5 Å². The van der Waals surface area contributed by atoms with Crippen LogP contribution in [0, 0.1) is 22.7 Å². The highest BCUT2D eigenvalue weighted by atomic mass is 16.5. The topological polar surface area (TPSA) is 47.9 Å². The van der Waals surface area contributed by atoms with Crippen molar-refractivity contribution in [2.75, 3.05) is 6.61 Å². The van der Waals surface area contributed by atoms with E-state index in [0.29, 0.717) is 17.9 Å². The molecule has 0 spiro atoms. The molecule has 0 heterocycles. The van der Waals surface area contributed by atoms with Crippen LogP contribution in [0.2, 0.25) is 0 Å². The molecule has 0 aromatic heterocycles. The molecule has 0 aliphatic heterocycles. The van der Waals surface area contributed by atoms with E-state index in [2.05, 4.69) is 20.8 Å². The van der Waals surface area contributed by atoms with Gasteiger partial charge in [0.1, 0.15) is 17.2 Å². The summed E-state index contributed by atoms with van der Waals surface area (Å²) in [5.41, 5.74) is -0.334. The SMILES string of the molecule is CC(C)Oc1cc(OCC2C(C)(O)CCC3C(C)(C)CCCC32C)cc(OC(C)C)c1. The van der Waals surface area contributed by atoms with Gasteiger partial charge in [0.05, 0.1) is 24.4 Å². The van der Waals surface area contributed by atoms with Crippen molar-refractivity contribution in [2.24, 2.45) is 22.7 Å². The third-order valence-corrected chi connectivity index (χ3v) is 7.78. The highest BCUT2D eigenvalue weighted by molar-refractivity contribution is 5.42. The maximum absolute atomic E-state index is 11.4. The summed E-state index contributed by atoms with van der Waals surface area (Å²) in [4.78, 5) is 0. The van der Waals surface area contributed by atoms with E-state index in [9.17, 15) is 5.11 Å². The lowest BCUT2D eigenvalue weighted by Gasteiger charge is -2.60. The summed E-state index contributed by atoms with van der Waals surface area (Å²) in [5.74, 6) is 2.94. The van der Waals surface area contributed by atoms with Crippen molar-refractivity contribution < 1.29 is 19.3 Å². The lowest BCUT2D eigenvalue weighted by atomic mass is 9.46. The van der Waals surface area contributed by atoms with Crippen LogP contribution < -0.4 is 14.2 Å². The molecule has 1 N–H and O–H groups in total. The van der Waals surface area contributed by atoms with Crippen molar-refractivity contribution in [3.05, 3.63) is 18.2 Å². The normalized spacial score (nSPS) is 32.6. The first-order valence-electron chi connectivity index (χ1n) is 12.2. The average molecular weight is 433 g/mol. The molecule has 0 bridgehead atoms. The maximum Gasteiger partial charge on any atom is 0.127 e. The maximum atomic E-state index is 11.4. The van der Waals surface area contributed by atoms with Crippen LogP contribution in [-0.2, 0) is 0 Å². The predicted octanol–water partition coefficient (Wildman–Crippen LogP) is 6.63. The fourth-order valence-electron chi connectivity index (χ4n) is 6.48. The Morgan fingerprint density at radius 1 is 0.871 bits per heavy atom. The van der Waals surface area contributed by atoms with Crippen molar-refractivity contribution in [3.8, 4) is 17.2 Å². The van der Waals surface area contributed by atoms with E-state index in [4.69, 9.17) is 14.2 Å². The minimum Gasteiger partial charge on any atom is -0.493 e. The lowest BCUT2D eigenvalue weighted by Crippen LogP contribution is -2.59. The molecule has 2 aliphatic rings. The molecule has 4 nitrogen and oxygen atoms in total. The summed E-state index contributed by atoms with van der Waals surface area (Å²) in [6, 6.07) is 5.80. The van der Waals surface area contributed by atoms with Gasteiger partial charge >= 0.3 is 0 Å². The number of hydrogen-bond donors (Lipinski definition) is 1. The Morgan fingerprint density at radius 3 is 1.97 bits per heavy atom. The molecule has 1 aromatic rings. The number of ether oxygens (including phenoxy) is 3. The number of hydrogen-bond acceptors (Lipinski definition) is 4. The van der Waals surface area contributed by atoms with Crippen molar-refractivity contribution in [1.82, 2.24) is 0 Å². The van der Waals surface area contributed by atoms with Gasteiger partial charge in [-0.2, -0.15) is 0 Å². The molecule has 0 radical (unpaired) electrons. The Morgan fingerprint density at radius 2 is 1.42 bits per heavy atom. The molecule has 2 aliphatic carbocycles. The van der Waals surface area contributed by atoms with Crippen molar-refractivity contribution in [3.63, 3.8) is 0 Å². The van der Waals surface area contributed by atoms with E-state index in [1.165, 1.54) is 12.8 Å².